The third-order valence-electron chi connectivity index (χ3n) is 3.38. The van der Waals surface area contributed by atoms with Gasteiger partial charge in [0.1, 0.15) is 0 Å². The number of H-pyrrole nitrogens is 1. The molecule has 0 spiro atoms. The van der Waals surface area contributed by atoms with E-state index in [-0.39, 0.29) is 5.41 Å². The first-order valence-electron chi connectivity index (χ1n) is 6.85. The number of hydrogen-bond acceptors (Lipinski definition) is 2. The minimum atomic E-state index is 0.0929. The Morgan fingerprint density at radius 1 is 0.950 bits per heavy atom. The maximum Gasteiger partial charge on any atom is 0.205 e. The molecule has 2 aromatic carbocycles. The molecule has 20 heavy (non-hydrogen) atoms. The summed E-state index contributed by atoms with van der Waals surface area (Å²) in [5.41, 5.74) is 4.49. The standard InChI is InChI=1S/C17H19N3/c1-17(2,3)12-8-4-5-9-13(12)18-16-19-14-10-6-7-11-15(14)20-16/h4-11H,1-3H3,(H2,18,19,20). The molecule has 1 heterocycles. The summed E-state index contributed by atoms with van der Waals surface area (Å²) in [7, 11) is 0. The van der Waals surface area contributed by atoms with Crippen LogP contribution in [0, 0.1) is 0 Å². The van der Waals surface area contributed by atoms with E-state index in [1.165, 1.54) is 5.56 Å². The van der Waals surface area contributed by atoms with Crippen LogP contribution in [0.3, 0.4) is 0 Å². The third kappa shape index (κ3) is 2.39. The number of anilines is 2. The van der Waals surface area contributed by atoms with Gasteiger partial charge in [-0.2, -0.15) is 0 Å². The van der Waals surface area contributed by atoms with Crippen molar-refractivity contribution < 1.29 is 0 Å². The van der Waals surface area contributed by atoms with E-state index in [0.29, 0.717) is 0 Å². The van der Waals surface area contributed by atoms with E-state index in [1.807, 2.05) is 30.3 Å². The summed E-state index contributed by atoms with van der Waals surface area (Å²) < 4.78 is 0. The van der Waals surface area contributed by atoms with Crippen molar-refractivity contribution in [2.75, 3.05) is 5.32 Å². The number of imidazole rings is 1. The second kappa shape index (κ2) is 4.67. The highest BCUT2D eigenvalue weighted by Crippen LogP contribution is 2.31. The van der Waals surface area contributed by atoms with E-state index < -0.39 is 0 Å². The van der Waals surface area contributed by atoms with Crippen LogP contribution >= 0.6 is 0 Å². The average molecular weight is 265 g/mol. The summed E-state index contributed by atoms with van der Waals surface area (Å²) in [5.74, 6) is 0.780. The third-order valence-corrected chi connectivity index (χ3v) is 3.38. The molecule has 3 rings (SSSR count). The molecule has 102 valence electrons. The summed E-state index contributed by atoms with van der Waals surface area (Å²) >= 11 is 0. The van der Waals surface area contributed by atoms with Crippen LogP contribution in [-0.4, -0.2) is 9.97 Å². The van der Waals surface area contributed by atoms with Crippen LogP contribution in [0.5, 0.6) is 0 Å². The molecule has 0 bridgehead atoms. The van der Waals surface area contributed by atoms with Gasteiger partial charge in [0.25, 0.3) is 0 Å². The van der Waals surface area contributed by atoms with Crippen molar-refractivity contribution in [3.63, 3.8) is 0 Å². The van der Waals surface area contributed by atoms with E-state index in [0.717, 1.165) is 22.7 Å². The average Bonchev–Trinajstić information content (AvgIpc) is 2.80. The topological polar surface area (TPSA) is 40.7 Å². The van der Waals surface area contributed by atoms with Gasteiger partial charge in [0.15, 0.2) is 0 Å². The van der Waals surface area contributed by atoms with Crippen LogP contribution in [0.1, 0.15) is 26.3 Å². The summed E-state index contributed by atoms with van der Waals surface area (Å²) in [6.07, 6.45) is 0. The number of rotatable bonds is 2. The monoisotopic (exact) mass is 265 g/mol. The van der Waals surface area contributed by atoms with Gasteiger partial charge < -0.3 is 10.3 Å². The number of aromatic nitrogens is 2. The van der Waals surface area contributed by atoms with E-state index in [2.05, 4.69) is 54.3 Å². The molecule has 0 aliphatic carbocycles. The lowest BCUT2D eigenvalue weighted by atomic mass is 9.86. The smallest absolute Gasteiger partial charge is 0.205 e. The molecule has 0 saturated heterocycles. The van der Waals surface area contributed by atoms with Gasteiger partial charge in [0.2, 0.25) is 5.95 Å². The van der Waals surface area contributed by atoms with E-state index in [4.69, 9.17) is 0 Å². The summed E-state index contributed by atoms with van der Waals surface area (Å²) in [4.78, 5) is 7.86. The fraction of sp³-hybridized carbons (Fsp3) is 0.235. The van der Waals surface area contributed by atoms with Gasteiger partial charge in [-0.15, -0.1) is 0 Å². The van der Waals surface area contributed by atoms with Crippen LogP contribution < -0.4 is 5.32 Å². The van der Waals surface area contributed by atoms with Gasteiger partial charge in [-0.05, 0) is 29.2 Å². The number of hydrogen-bond donors (Lipinski definition) is 2. The minimum absolute atomic E-state index is 0.0929. The largest absolute Gasteiger partial charge is 0.325 e. The molecule has 0 aliphatic heterocycles. The molecule has 3 aromatic rings. The first-order valence-corrected chi connectivity index (χ1v) is 6.85. The Hall–Kier alpha value is -2.29. The molecule has 0 unspecified atom stereocenters. The molecule has 0 radical (unpaired) electrons. The maximum absolute atomic E-state index is 4.56. The van der Waals surface area contributed by atoms with Crippen molar-refractivity contribution in [1.29, 1.82) is 0 Å². The van der Waals surface area contributed by atoms with Crippen molar-refractivity contribution in [2.24, 2.45) is 0 Å². The molecule has 0 fully saturated rings. The Bertz CT molecular complexity index is 702. The zero-order valence-corrected chi connectivity index (χ0v) is 12.1. The van der Waals surface area contributed by atoms with Crippen LogP contribution in [0.2, 0.25) is 0 Å². The lowest BCUT2D eigenvalue weighted by Crippen LogP contribution is -2.13. The molecule has 3 nitrogen and oxygen atoms in total. The van der Waals surface area contributed by atoms with Gasteiger partial charge >= 0.3 is 0 Å². The summed E-state index contributed by atoms with van der Waals surface area (Å²) in [6.45, 7) is 6.64. The zero-order chi connectivity index (χ0) is 14.2. The van der Waals surface area contributed by atoms with Crippen molar-refractivity contribution in [3.8, 4) is 0 Å². The van der Waals surface area contributed by atoms with Crippen LogP contribution in [0.15, 0.2) is 48.5 Å². The van der Waals surface area contributed by atoms with Gasteiger partial charge in [0, 0.05) is 5.69 Å². The second-order valence-electron chi connectivity index (χ2n) is 6.02. The number of nitrogens with one attached hydrogen (secondary N) is 2. The lowest BCUT2D eigenvalue weighted by Gasteiger charge is -2.22. The summed E-state index contributed by atoms with van der Waals surface area (Å²) in [6, 6.07) is 16.4. The SMILES string of the molecule is CC(C)(C)c1ccccc1Nc1nc2ccccc2[nH]1. The molecule has 0 atom stereocenters. The van der Waals surface area contributed by atoms with Crippen molar-refractivity contribution >= 4 is 22.7 Å². The molecule has 2 N–H and O–H groups in total. The van der Waals surface area contributed by atoms with Gasteiger partial charge in [-0.25, -0.2) is 4.98 Å². The Morgan fingerprint density at radius 2 is 1.65 bits per heavy atom. The van der Waals surface area contributed by atoms with E-state index in [9.17, 15) is 0 Å². The fourth-order valence-corrected chi connectivity index (χ4v) is 2.39. The van der Waals surface area contributed by atoms with Gasteiger partial charge in [0.05, 0.1) is 11.0 Å². The van der Waals surface area contributed by atoms with Gasteiger partial charge in [-0.1, -0.05) is 51.1 Å². The first kappa shape index (κ1) is 12.7. The Kier molecular flexibility index (Phi) is 2.97. The molecular weight excluding hydrogens is 246 g/mol. The lowest BCUT2D eigenvalue weighted by molar-refractivity contribution is 0.592. The molecule has 0 saturated carbocycles. The van der Waals surface area contributed by atoms with Crippen molar-refractivity contribution in [3.05, 3.63) is 54.1 Å². The number of para-hydroxylation sites is 3. The highest BCUT2D eigenvalue weighted by Gasteiger charge is 2.17. The zero-order valence-electron chi connectivity index (χ0n) is 12.1. The van der Waals surface area contributed by atoms with Crippen molar-refractivity contribution in [1.82, 2.24) is 9.97 Å². The van der Waals surface area contributed by atoms with Gasteiger partial charge in [-0.3, -0.25) is 0 Å². The maximum atomic E-state index is 4.56. The number of benzene rings is 2. The predicted octanol–water partition coefficient (Wildman–Crippen LogP) is 4.60. The second-order valence-corrected chi connectivity index (χ2v) is 6.02. The highest BCUT2D eigenvalue weighted by atomic mass is 15.1. The van der Waals surface area contributed by atoms with E-state index in [1.54, 1.807) is 0 Å². The number of aromatic amines is 1. The molecular formula is C17H19N3. The van der Waals surface area contributed by atoms with Crippen molar-refractivity contribution in [2.45, 2.75) is 26.2 Å². The van der Waals surface area contributed by atoms with E-state index >= 15 is 0 Å². The Balaban J connectivity index is 1.99. The first-order chi connectivity index (χ1) is 9.54. The molecule has 0 amide bonds. The molecule has 0 aliphatic rings. The van der Waals surface area contributed by atoms with Crippen LogP contribution in [0.25, 0.3) is 11.0 Å². The normalized spacial score (nSPS) is 11.8. The number of nitrogens with zero attached hydrogens (tertiary/aromatic N) is 1. The Morgan fingerprint density at radius 3 is 2.40 bits per heavy atom. The molecule has 3 heteroatoms. The number of fused-ring (bicyclic) bond motifs is 1. The Labute approximate surface area is 119 Å². The minimum Gasteiger partial charge on any atom is -0.325 e. The summed E-state index contributed by atoms with van der Waals surface area (Å²) in [5, 5.41) is 3.40. The van der Waals surface area contributed by atoms with Crippen LogP contribution in [0.4, 0.5) is 11.6 Å². The predicted molar refractivity (Wildman–Crippen MR) is 84.5 cm³/mol. The van der Waals surface area contributed by atoms with Crippen LogP contribution in [-0.2, 0) is 5.41 Å². The quantitative estimate of drug-likeness (QED) is 0.710. The highest BCUT2D eigenvalue weighted by molar-refractivity contribution is 5.78. The fourth-order valence-electron chi connectivity index (χ4n) is 2.39. The molecule has 1 aromatic heterocycles.